The summed E-state index contributed by atoms with van der Waals surface area (Å²) in [5.74, 6) is 0. The molecular weight excluding hydrogens is 196 g/mol. The van der Waals surface area contributed by atoms with E-state index in [2.05, 4.69) is 15.4 Å². The maximum Gasteiger partial charge on any atom is 0.409 e. The predicted octanol–water partition coefficient (Wildman–Crippen LogP) is 1.36. The van der Waals surface area contributed by atoms with Crippen LogP contribution in [-0.4, -0.2) is 26.0 Å². The van der Waals surface area contributed by atoms with Gasteiger partial charge in [0, 0.05) is 0 Å². The normalized spacial score (nSPS) is 9.87. The molecule has 0 saturated carbocycles. The molecule has 0 unspecified atom stereocenters. The van der Waals surface area contributed by atoms with Gasteiger partial charge in [0.2, 0.25) is 0 Å². The number of carboxylic acid groups (broad SMARTS) is 1. The molecule has 2 rings (SSSR count). The number of aromatic nitrogens is 3. The van der Waals surface area contributed by atoms with E-state index in [4.69, 9.17) is 5.11 Å². The third-order valence-electron chi connectivity index (χ3n) is 1.81. The van der Waals surface area contributed by atoms with Gasteiger partial charge in [-0.3, -0.25) is 5.32 Å². The number of rotatable bonds is 2. The van der Waals surface area contributed by atoms with Crippen molar-refractivity contribution in [2.24, 2.45) is 0 Å². The number of hydrogen-bond donors (Lipinski definition) is 2. The van der Waals surface area contributed by atoms with Crippen LogP contribution in [0.2, 0.25) is 0 Å². The van der Waals surface area contributed by atoms with Gasteiger partial charge in [0.05, 0.1) is 11.4 Å². The van der Waals surface area contributed by atoms with Crippen molar-refractivity contribution in [1.82, 2.24) is 14.8 Å². The Morgan fingerprint density at radius 2 is 2.20 bits per heavy atom. The number of amides is 1. The molecular formula is C9H8N4O2. The Labute approximate surface area is 85.2 Å². The van der Waals surface area contributed by atoms with Crippen molar-refractivity contribution in [3.63, 3.8) is 0 Å². The van der Waals surface area contributed by atoms with E-state index in [1.165, 1.54) is 17.3 Å². The molecule has 0 bridgehead atoms. The molecule has 2 N–H and O–H groups in total. The molecule has 1 aromatic heterocycles. The van der Waals surface area contributed by atoms with E-state index < -0.39 is 6.09 Å². The number of carbonyl (C=O) groups is 1. The SMILES string of the molecule is O=C(O)Nc1ccccc1-n1cncn1. The summed E-state index contributed by atoms with van der Waals surface area (Å²) in [5.41, 5.74) is 1.10. The summed E-state index contributed by atoms with van der Waals surface area (Å²) in [7, 11) is 0. The minimum absolute atomic E-state index is 0.468. The van der Waals surface area contributed by atoms with Crippen molar-refractivity contribution in [3.05, 3.63) is 36.9 Å². The van der Waals surface area contributed by atoms with Crippen LogP contribution in [-0.2, 0) is 0 Å². The zero-order valence-electron chi connectivity index (χ0n) is 7.66. The Balaban J connectivity index is 2.42. The van der Waals surface area contributed by atoms with Crippen molar-refractivity contribution in [2.75, 3.05) is 5.32 Å². The lowest BCUT2D eigenvalue weighted by molar-refractivity contribution is 0.209. The average Bonchev–Trinajstić information content (AvgIpc) is 2.70. The van der Waals surface area contributed by atoms with Crippen LogP contribution in [0.1, 0.15) is 0 Å². The van der Waals surface area contributed by atoms with Gasteiger partial charge in [-0.2, -0.15) is 5.10 Å². The molecule has 0 radical (unpaired) electrons. The molecule has 1 aromatic carbocycles. The summed E-state index contributed by atoms with van der Waals surface area (Å²) >= 11 is 0. The number of para-hydroxylation sites is 2. The Morgan fingerprint density at radius 3 is 2.87 bits per heavy atom. The van der Waals surface area contributed by atoms with Gasteiger partial charge < -0.3 is 5.11 Å². The number of benzene rings is 1. The van der Waals surface area contributed by atoms with Gasteiger partial charge in [-0.05, 0) is 12.1 Å². The van der Waals surface area contributed by atoms with Gasteiger partial charge in [-0.25, -0.2) is 14.5 Å². The summed E-state index contributed by atoms with van der Waals surface area (Å²) in [6.45, 7) is 0. The lowest BCUT2D eigenvalue weighted by Crippen LogP contribution is -2.10. The van der Waals surface area contributed by atoms with Crippen molar-refractivity contribution in [1.29, 1.82) is 0 Å². The third kappa shape index (κ3) is 1.93. The Bertz CT molecular complexity index is 467. The second-order valence-electron chi connectivity index (χ2n) is 2.79. The van der Waals surface area contributed by atoms with Crippen LogP contribution in [0.4, 0.5) is 10.5 Å². The lowest BCUT2D eigenvalue weighted by Gasteiger charge is -2.07. The van der Waals surface area contributed by atoms with Crippen molar-refractivity contribution in [3.8, 4) is 5.69 Å². The number of hydrogen-bond acceptors (Lipinski definition) is 3. The first-order chi connectivity index (χ1) is 7.27. The molecule has 0 saturated heterocycles. The molecule has 0 aliphatic heterocycles. The molecule has 6 nitrogen and oxygen atoms in total. The van der Waals surface area contributed by atoms with Crippen molar-refractivity contribution in [2.45, 2.75) is 0 Å². The number of anilines is 1. The minimum Gasteiger partial charge on any atom is -0.465 e. The first-order valence-corrected chi connectivity index (χ1v) is 4.21. The second kappa shape index (κ2) is 3.79. The van der Waals surface area contributed by atoms with Crippen LogP contribution in [0.3, 0.4) is 0 Å². The van der Waals surface area contributed by atoms with E-state index in [0.717, 1.165) is 0 Å². The maximum absolute atomic E-state index is 10.5. The van der Waals surface area contributed by atoms with Crippen LogP contribution in [0.5, 0.6) is 0 Å². The quantitative estimate of drug-likeness (QED) is 0.773. The van der Waals surface area contributed by atoms with Crippen molar-refractivity contribution >= 4 is 11.8 Å². The summed E-state index contributed by atoms with van der Waals surface area (Å²) in [4.78, 5) is 14.3. The molecule has 6 heteroatoms. The monoisotopic (exact) mass is 204 g/mol. The fourth-order valence-electron chi connectivity index (χ4n) is 1.23. The maximum atomic E-state index is 10.5. The third-order valence-corrected chi connectivity index (χ3v) is 1.81. The van der Waals surface area contributed by atoms with Gasteiger partial charge >= 0.3 is 6.09 Å². The van der Waals surface area contributed by atoms with Gasteiger partial charge in [0.15, 0.2) is 0 Å². The zero-order chi connectivity index (χ0) is 10.7. The van der Waals surface area contributed by atoms with E-state index in [9.17, 15) is 4.79 Å². The summed E-state index contributed by atoms with van der Waals surface area (Å²) in [6, 6.07) is 6.95. The highest BCUT2D eigenvalue weighted by molar-refractivity contribution is 5.85. The number of nitrogens with one attached hydrogen (secondary N) is 1. The van der Waals surface area contributed by atoms with Gasteiger partial charge in [-0.1, -0.05) is 12.1 Å². The molecule has 0 spiro atoms. The van der Waals surface area contributed by atoms with Gasteiger partial charge in [0.1, 0.15) is 12.7 Å². The molecule has 0 fully saturated rings. The van der Waals surface area contributed by atoms with E-state index >= 15 is 0 Å². The summed E-state index contributed by atoms with van der Waals surface area (Å²) < 4.78 is 1.49. The largest absolute Gasteiger partial charge is 0.465 e. The Morgan fingerprint density at radius 1 is 1.40 bits per heavy atom. The first-order valence-electron chi connectivity index (χ1n) is 4.21. The Hall–Kier alpha value is -2.37. The first kappa shape index (κ1) is 9.20. The van der Waals surface area contributed by atoms with Crippen LogP contribution in [0.25, 0.3) is 5.69 Å². The second-order valence-corrected chi connectivity index (χ2v) is 2.79. The van der Waals surface area contributed by atoms with E-state index in [0.29, 0.717) is 11.4 Å². The molecule has 15 heavy (non-hydrogen) atoms. The molecule has 0 aliphatic carbocycles. The molecule has 1 heterocycles. The predicted molar refractivity (Wildman–Crippen MR) is 53.0 cm³/mol. The van der Waals surface area contributed by atoms with Crippen molar-refractivity contribution < 1.29 is 9.90 Å². The standard InChI is InChI=1S/C9H8N4O2/c14-9(15)12-7-3-1-2-4-8(7)13-6-10-5-11-13/h1-6,12H,(H,14,15). The highest BCUT2D eigenvalue weighted by Gasteiger charge is 2.06. The van der Waals surface area contributed by atoms with Crippen LogP contribution in [0.15, 0.2) is 36.9 Å². The molecule has 1 amide bonds. The molecule has 0 aliphatic rings. The number of nitrogens with zero attached hydrogens (tertiary/aromatic N) is 3. The molecule has 2 aromatic rings. The van der Waals surface area contributed by atoms with E-state index in [1.54, 1.807) is 24.3 Å². The smallest absolute Gasteiger partial charge is 0.409 e. The zero-order valence-corrected chi connectivity index (χ0v) is 7.66. The molecule has 0 atom stereocenters. The van der Waals surface area contributed by atoms with Crippen LogP contribution < -0.4 is 5.32 Å². The average molecular weight is 204 g/mol. The van der Waals surface area contributed by atoms with E-state index in [1.807, 2.05) is 0 Å². The highest BCUT2D eigenvalue weighted by Crippen LogP contribution is 2.18. The van der Waals surface area contributed by atoms with Crippen LogP contribution in [0, 0.1) is 0 Å². The van der Waals surface area contributed by atoms with Gasteiger partial charge in [-0.15, -0.1) is 0 Å². The molecule has 76 valence electrons. The summed E-state index contributed by atoms with van der Waals surface area (Å²) in [5, 5.41) is 14.8. The fourth-order valence-corrected chi connectivity index (χ4v) is 1.23. The summed E-state index contributed by atoms with van der Waals surface area (Å²) in [6.07, 6.45) is 1.78. The highest BCUT2D eigenvalue weighted by atomic mass is 16.4. The van der Waals surface area contributed by atoms with Gasteiger partial charge in [0.25, 0.3) is 0 Å². The Kier molecular flexibility index (Phi) is 2.32. The van der Waals surface area contributed by atoms with Crippen LogP contribution >= 0.6 is 0 Å². The van der Waals surface area contributed by atoms with E-state index in [-0.39, 0.29) is 0 Å². The topological polar surface area (TPSA) is 80.0 Å². The minimum atomic E-state index is -1.11. The fraction of sp³-hybridized carbons (Fsp3) is 0. The lowest BCUT2D eigenvalue weighted by atomic mass is 10.2.